The van der Waals surface area contributed by atoms with E-state index in [0.717, 1.165) is 44.5 Å². The Morgan fingerprint density at radius 2 is 1.77 bits per heavy atom. The summed E-state index contributed by atoms with van der Waals surface area (Å²) in [6.07, 6.45) is 1.06. The number of aromatic nitrogens is 4. The molecule has 0 aliphatic carbocycles. The Hall–Kier alpha value is -3.07. The molecule has 0 spiro atoms. The Morgan fingerprint density at radius 3 is 2.60 bits per heavy atom. The summed E-state index contributed by atoms with van der Waals surface area (Å²) in [5.41, 5.74) is 2.58. The molecule has 4 heterocycles. The number of likely N-dealkylation sites (N-methyl/N-ethyl adjacent to an activating group) is 1. The van der Waals surface area contributed by atoms with Gasteiger partial charge in [0.15, 0.2) is 28.7 Å². The van der Waals surface area contributed by atoms with Gasteiger partial charge in [0, 0.05) is 38.3 Å². The van der Waals surface area contributed by atoms with Crippen LogP contribution in [0.5, 0.6) is 0 Å². The van der Waals surface area contributed by atoms with Crippen molar-refractivity contribution in [3.05, 3.63) is 35.9 Å². The van der Waals surface area contributed by atoms with Gasteiger partial charge in [0.05, 0.1) is 11.0 Å². The summed E-state index contributed by atoms with van der Waals surface area (Å²) in [5.74, 6) is -0.420. The second-order valence-electron chi connectivity index (χ2n) is 7.67. The highest BCUT2D eigenvalue weighted by Gasteiger charge is 2.19. The zero-order valence-corrected chi connectivity index (χ0v) is 17.0. The molecule has 5 rings (SSSR count). The number of hydrogen-bond donors (Lipinski definition) is 1. The zero-order chi connectivity index (χ0) is 20.8. The predicted octanol–water partition coefficient (Wildman–Crippen LogP) is 3.28. The minimum Gasteiger partial charge on any atom is -0.367 e. The lowest BCUT2D eigenvalue weighted by molar-refractivity contribution is 0.360. The number of halogens is 2. The average molecular weight is 411 g/mol. The summed E-state index contributed by atoms with van der Waals surface area (Å²) in [6, 6.07) is 6.20. The fraction of sp³-hybridized carbons (Fsp3) is 0.381. The molecule has 3 aromatic heterocycles. The molecule has 0 bridgehead atoms. The second kappa shape index (κ2) is 7.32. The molecule has 9 heteroatoms. The third-order valence-electron chi connectivity index (χ3n) is 5.58. The molecule has 0 saturated carbocycles. The van der Waals surface area contributed by atoms with Gasteiger partial charge in [-0.05, 0) is 39.1 Å². The molecule has 0 atom stereocenters. The Labute approximate surface area is 172 Å². The van der Waals surface area contributed by atoms with Crippen molar-refractivity contribution < 1.29 is 8.78 Å². The van der Waals surface area contributed by atoms with Crippen LogP contribution in [0.25, 0.3) is 27.8 Å². The summed E-state index contributed by atoms with van der Waals surface area (Å²) >= 11 is 0. The van der Waals surface area contributed by atoms with Gasteiger partial charge >= 0.3 is 0 Å². The van der Waals surface area contributed by atoms with Crippen molar-refractivity contribution in [2.24, 2.45) is 0 Å². The fourth-order valence-corrected chi connectivity index (χ4v) is 4.04. The maximum atomic E-state index is 14.1. The smallest absolute Gasteiger partial charge is 0.182 e. The number of benzene rings is 1. The van der Waals surface area contributed by atoms with E-state index in [9.17, 15) is 8.78 Å². The topological polar surface area (TPSA) is 61.6 Å². The lowest BCUT2D eigenvalue weighted by Crippen LogP contribution is -2.29. The molecule has 0 radical (unpaired) electrons. The van der Waals surface area contributed by atoms with E-state index in [1.54, 1.807) is 4.40 Å². The Bertz CT molecular complexity index is 1250. The van der Waals surface area contributed by atoms with Crippen LogP contribution < -0.4 is 10.2 Å². The SMILES string of the molecule is CCNc1nc2ccc(N3CCCN(C)CC3)nc2n2c1nc1cc(F)c(F)cc12. The molecule has 1 aliphatic rings. The number of pyridine rings is 1. The molecule has 1 aliphatic heterocycles. The van der Waals surface area contributed by atoms with Gasteiger partial charge < -0.3 is 15.1 Å². The third-order valence-corrected chi connectivity index (χ3v) is 5.58. The molecule has 1 saturated heterocycles. The van der Waals surface area contributed by atoms with Crippen molar-refractivity contribution in [2.75, 3.05) is 50.0 Å². The minimum atomic E-state index is -0.921. The molecule has 7 nitrogen and oxygen atoms in total. The quantitative estimate of drug-likeness (QED) is 0.558. The molecule has 0 amide bonds. The van der Waals surface area contributed by atoms with Crippen molar-refractivity contribution in [3.63, 3.8) is 0 Å². The monoisotopic (exact) mass is 411 g/mol. The van der Waals surface area contributed by atoms with Gasteiger partial charge in [-0.1, -0.05) is 0 Å². The highest BCUT2D eigenvalue weighted by molar-refractivity contribution is 5.91. The predicted molar refractivity (Wildman–Crippen MR) is 114 cm³/mol. The summed E-state index contributed by atoms with van der Waals surface area (Å²) < 4.78 is 29.7. The van der Waals surface area contributed by atoms with E-state index in [0.29, 0.717) is 40.2 Å². The van der Waals surface area contributed by atoms with Crippen LogP contribution in [0.4, 0.5) is 20.4 Å². The van der Waals surface area contributed by atoms with Crippen molar-refractivity contribution >= 4 is 39.5 Å². The normalized spacial score (nSPS) is 15.9. The fourth-order valence-electron chi connectivity index (χ4n) is 4.04. The van der Waals surface area contributed by atoms with Crippen LogP contribution in [0.15, 0.2) is 24.3 Å². The van der Waals surface area contributed by atoms with Crippen molar-refractivity contribution in [1.29, 1.82) is 0 Å². The van der Waals surface area contributed by atoms with Crippen molar-refractivity contribution in [2.45, 2.75) is 13.3 Å². The van der Waals surface area contributed by atoms with Crippen molar-refractivity contribution in [1.82, 2.24) is 24.3 Å². The summed E-state index contributed by atoms with van der Waals surface area (Å²) in [6.45, 7) is 6.42. The summed E-state index contributed by atoms with van der Waals surface area (Å²) in [7, 11) is 2.12. The largest absolute Gasteiger partial charge is 0.367 e. The first-order valence-corrected chi connectivity index (χ1v) is 10.2. The van der Waals surface area contributed by atoms with Crippen LogP contribution in [0, 0.1) is 11.6 Å². The maximum absolute atomic E-state index is 14.1. The summed E-state index contributed by atoms with van der Waals surface area (Å²) in [5, 5.41) is 3.20. The van der Waals surface area contributed by atoms with E-state index in [2.05, 4.69) is 32.1 Å². The van der Waals surface area contributed by atoms with E-state index in [1.807, 2.05) is 19.1 Å². The van der Waals surface area contributed by atoms with E-state index < -0.39 is 11.6 Å². The van der Waals surface area contributed by atoms with Crippen LogP contribution in [-0.2, 0) is 0 Å². The number of fused-ring (bicyclic) bond motifs is 5. The molecule has 30 heavy (non-hydrogen) atoms. The molecule has 0 unspecified atom stereocenters. The van der Waals surface area contributed by atoms with E-state index in [4.69, 9.17) is 4.98 Å². The van der Waals surface area contributed by atoms with Crippen LogP contribution in [0.2, 0.25) is 0 Å². The highest BCUT2D eigenvalue weighted by Crippen LogP contribution is 2.28. The first kappa shape index (κ1) is 18.9. The van der Waals surface area contributed by atoms with Gasteiger partial charge in [0.2, 0.25) is 0 Å². The molecular formula is C21H23F2N7. The number of rotatable bonds is 3. The molecule has 4 aromatic rings. The summed E-state index contributed by atoms with van der Waals surface area (Å²) in [4.78, 5) is 18.7. The number of anilines is 2. The molecule has 1 fully saturated rings. The molecule has 1 N–H and O–H groups in total. The number of nitrogens with zero attached hydrogens (tertiary/aromatic N) is 6. The van der Waals surface area contributed by atoms with Gasteiger partial charge in [-0.2, -0.15) is 0 Å². The highest BCUT2D eigenvalue weighted by atomic mass is 19.2. The number of hydrogen-bond acceptors (Lipinski definition) is 6. The number of imidazole rings is 1. The first-order valence-electron chi connectivity index (χ1n) is 10.2. The van der Waals surface area contributed by atoms with Crippen LogP contribution in [-0.4, -0.2) is 64.0 Å². The van der Waals surface area contributed by atoms with Gasteiger partial charge in [-0.25, -0.2) is 23.7 Å². The lowest BCUT2D eigenvalue weighted by atomic mass is 10.3. The number of nitrogens with one attached hydrogen (secondary N) is 1. The van der Waals surface area contributed by atoms with Gasteiger partial charge in [-0.3, -0.25) is 4.40 Å². The second-order valence-corrected chi connectivity index (χ2v) is 7.67. The zero-order valence-electron chi connectivity index (χ0n) is 17.0. The standard InChI is InChI=1S/C21H23F2N7/c1-3-24-19-21-26-16-11-13(22)14(23)12-17(16)30(21)20-15(25-19)5-6-18(27-20)29-8-4-7-28(2)9-10-29/h5-6,11-12H,3-4,7-10H2,1-2H3,(H,24,25). The minimum absolute atomic E-state index is 0.367. The Morgan fingerprint density at radius 1 is 0.933 bits per heavy atom. The van der Waals surface area contributed by atoms with E-state index in [1.165, 1.54) is 6.07 Å². The van der Waals surface area contributed by atoms with Crippen LogP contribution in [0.1, 0.15) is 13.3 Å². The molecule has 156 valence electrons. The first-order chi connectivity index (χ1) is 14.5. The lowest BCUT2D eigenvalue weighted by Gasteiger charge is -2.22. The van der Waals surface area contributed by atoms with E-state index >= 15 is 0 Å². The van der Waals surface area contributed by atoms with Crippen LogP contribution in [0.3, 0.4) is 0 Å². The Kier molecular flexibility index (Phi) is 4.62. The van der Waals surface area contributed by atoms with Gasteiger partial charge in [-0.15, -0.1) is 0 Å². The average Bonchev–Trinajstić information content (AvgIpc) is 2.95. The Balaban J connectivity index is 1.76. The molecular weight excluding hydrogens is 388 g/mol. The third kappa shape index (κ3) is 3.09. The molecule has 1 aromatic carbocycles. The van der Waals surface area contributed by atoms with Gasteiger partial charge in [0.1, 0.15) is 11.3 Å². The van der Waals surface area contributed by atoms with Crippen molar-refractivity contribution in [3.8, 4) is 0 Å². The van der Waals surface area contributed by atoms with Crippen LogP contribution >= 0.6 is 0 Å². The maximum Gasteiger partial charge on any atom is 0.182 e. The van der Waals surface area contributed by atoms with Gasteiger partial charge in [0.25, 0.3) is 0 Å². The van der Waals surface area contributed by atoms with E-state index in [-0.39, 0.29) is 0 Å².